The molecular formula is C28H22F3N3O2. The largest absolute Gasteiger partial charge is 0.445 e. The molecule has 0 saturated carbocycles. The van der Waals surface area contributed by atoms with Gasteiger partial charge in [-0.1, -0.05) is 66.7 Å². The van der Waals surface area contributed by atoms with Crippen LogP contribution in [0.5, 0.6) is 0 Å². The number of rotatable bonds is 4. The lowest BCUT2D eigenvalue weighted by Gasteiger charge is -2.36. The number of carbonyl (C=O) groups is 1. The molecule has 5 rings (SSSR count). The van der Waals surface area contributed by atoms with Crippen LogP contribution in [0.15, 0.2) is 91.1 Å². The van der Waals surface area contributed by atoms with Gasteiger partial charge in [0.05, 0.1) is 23.8 Å². The maximum atomic E-state index is 13.3. The van der Waals surface area contributed by atoms with Gasteiger partial charge in [-0.25, -0.2) is 4.79 Å². The van der Waals surface area contributed by atoms with Crippen LogP contribution in [0.25, 0.3) is 11.1 Å². The second kappa shape index (κ2) is 9.81. The number of alkyl halides is 3. The van der Waals surface area contributed by atoms with E-state index in [0.717, 1.165) is 40.1 Å². The zero-order valence-corrected chi connectivity index (χ0v) is 19.2. The van der Waals surface area contributed by atoms with Crippen molar-refractivity contribution in [3.8, 4) is 11.1 Å². The third-order valence-electron chi connectivity index (χ3n) is 6.28. The van der Waals surface area contributed by atoms with Crippen LogP contribution in [0, 0.1) is 0 Å². The van der Waals surface area contributed by atoms with E-state index in [0.29, 0.717) is 12.0 Å². The number of aromatic nitrogens is 2. The van der Waals surface area contributed by atoms with Crippen molar-refractivity contribution in [1.82, 2.24) is 15.1 Å². The summed E-state index contributed by atoms with van der Waals surface area (Å²) in [6, 6.07) is 23.3. The molecule has 2 heterocycles. The van der Waals surface area contributed by atoms with E-state index < -0.39 is 23.9 Å². The highest BCUT2D eigenvalue weighted by Crippen LogP contribution is 2.39. The Morgan fingerprint density at radius 1 is 0.944 bits per heavy atom. The first-order valence-corrected chi connectivity index (χ1v) is 11.4. The Kier molecular flexibility index (Phi) is 6.41. The van der Waals surface area contributed by atoms with Gasteiger partial charge in [0, 0.05) is 12.6 Å². The minimum Gasteiger partial charge on any atom is -0.445 e. The molecule has 4 aromatic rings. The van der Waals surface area contributed by atoms with Crippen molar-refractivity contribution >= 4 is 6.09 Å². The smallest absolute Gasteiger partial charge is 0.416 e. The predicted molar refractivity (Wildman–Crippen MR) is 128 cm³/mol. The van der Waals surface area contributed by atoms with Crippen molar-refractivity contribution in [3.63, 3.8) is 0 Å². The summed E-state index contributed by atoms with van der Waals surface area (Å²) in [7, 11) is 0. The van der Waals surface area contributed by atoms with Crippen LogP contribution in [0.2, 0.25) is 0 Å². The molecule has 0 bridgehead atoms. The van der Waals surface area contributed by atoms with Crippen LogP contribution in [0.3, 0.4) is 0 Å². The van der Waals surface area contributed by atoms with Gasteiger partial charge >= 0.3 is 12.3 Å². The molecule has 5 nitrogen and oxygen atoms in total. The highest BCUT2D eigenvalue weighted by Gasteiger charge is 2.35. The average Bonchev–Trinajstić information content (AvgIpc) is 2.91. The molecule has 36 heavy (non-hydrogen) atoms. The Balaban J connectivity index is 1.49. The lowest BCUT2D eigenvalue weighted by molar-refractivity contribution is -0.137. The minimum atomic E-state index is -4.41. The molecule has 0 saturated heterocycles. The lowest BCUT2D eigenvalue weighted by Crippen LogP contribution is -2.39. The van der Waals surface area contributed by atoms with Crippen molar-refractivity contribution in [2.75, 3.05) is 0 Å². The summed E-state index contributed by atoms with van der Waals surface area (Å²) in [5.74, 6) is 0. The van der Waals surface area contributed by atoms with E-state index in [1.165, 1.54) is 12.1 Å². The third kappa shape index (κ3) is 4.93. The molecule has 0 radical (unpaired) electrons. The second-order valence-electron chi connectivity index (χ2n) is 8.55. The number of nitrogens with zero attached hydrogens (tertiary/aromatic N) is 3. The Morgan fingerprint density at radius 3 is 2.42 bits per heavy atom. The number of hydrogen-bond acceptors (Lipinski definition) is 4. The summed E-state index contributed by atoms with van der Waals surface area (Å²) in [6.07, 6.45) is -2.90. The zero-order chi connectivity index (χ0) is 25.1. The van der Waals surface area contributed by atoms with Crippen molar-refractivity contribution in [3.05, 3.63) is 119 Å². The van der Waals surface area contributed by atoms with Crippen LogP contribution in [-0.2, 0) is 30.5 Å². The van der Waals surface area contributed by atoms with Gasteiger partial charge < -0.3 is 4.74 Å². The van der Waals surface area contributed by atoms with Crippen LogP contribution >= 0.6 is 0 Å². The number of ether oxygens (including phenoxy) is 1. The molecule has 0 N–H and O–H groups in total. The van der Waals surface area contributed by atoms with Crippen LogP contribution in [0.1, 0.15) is 34.0 Å². The Labute approximate surface area is 206 Å². The number of hydrogen-bond donors (Lipinski definition) is 0. The van der Waals surface area contributed by atoms with Gasteiger partial charge in [0.1, 0.15) is 6.61 Å². The average molecular weight is 489 g/mol. The van der Waals surface area contributed by atoms with Crippen molar-refractivity contribution in [1.29, 1.82) is 0 Å². The highest BCUT2D eigenvalue weighted by atomic mass is 19.4. The number of carbonyl (C=O) groups excluding carboxylic acids is 1. The minimum absolute atomic E-state index is 0.130. The molecule has 1 aromatic heterocycles. The van der Waals surface area contributed by atoms with Crippen LogP contribution in [0.4, 0.5) is 18.0 Å². The molecule has 1 aliphatic rings. The summed E-state index contributed by atoms with van der Waals surface area (Å²) >= 11 is 0. The van der Waals surface area contributed by atoms with E-state index in [2.05, 4.69) is 10.2 Å². The predicted octanol–water partition coefficient (Wildman–Crippen LogP) is 6.60. The molecule has 1 aliphatic heterocycles. The zero-order valence-electron chi connectivity index (χ0n) is 19.2. The van der Waals surface area contributed by atoms with E-state index in [-0.39, 0.29) is 13.2 Å². The first kappa shape index (κ1) is 23.5. The number of amides is 1. The van der Waals surface area contributed by atoms with E-state index >= 15 is 0 Å². The molecule has 182 valence electrons. The van der Waals surface area contributed by atoms with Gasteiger partial charge in [-0.05, 0) is 46.0 Å². The summed E-state index contributed by atoms with van der Waals surface area (Å²) in [5.41, 5.74) is 3.98. The van der Waals surface area contributed by atoms with Gasteiger partial charge in [-0.3, -0.25) is 4.90 Å². The summed E-state index contributed by atoms with van der Waals surface area (Å²) in [5, 5.41) is 8.26. The Morgan fingerprint density at radius 2 is 1.67 bits per heavy atom. The fourth-order valence-corrected chi connectivity index (χ4v) is 4.45. The lowest BCUT2D eigenvalue weighted by atomic mass is 9.88. The third-order valence-corrected chi connectivity index (χ3v) is 6.28. The van der Waals surface area contributed by atoms with Crippen molar-refractivity contribution < 1.29 is 22.7 Å². The van der Waals surface area contributed by atoms with Crippen molar-refractivity contribution in [2.45, 2.75) is 31.8 Å². The summed E-state index contributed by atoms with van der Waals surface area (Å²) < 4.78 is 45.0. The molecular weight excluding hydrogens is 467 g/mol. The summed E-state index contributed by atoms with van der Waals surface area (Å²) in [4.78, 5) is 15.0. The molecule has 1 atom stereocenters. The normalized spacial score (nSPS) is 15.3. The molecule has 1 amide bonds. The Hall–Kier alpha value is -4.20. The number of halogens is 3. The number of fused-ring (bicyclic) bond motifs is 1. The van der Waals surface area contributed by atoms with Crippen molar-refractivity contribution in [2.24, 2.45) is 0 Å². The highest BCUT2D eigenvalue weighted by molar-refractivity contribution is 5.72. The van der Waals surface area contributed by atoms with Gasteiger partial charge in [-0.15, -0.1) is 0 Å². The first-order valence-electron chi connectivity index (χ1n) is 11.4. The fourth-order valence-electron chi connectivity index (χ4n) is 4.45. The van der Waals surface area contributed by atoms with Gasteiger partial charge in [0.2, 0.25) is 0 Å². The van der Waals surface area contributed by atoms with Crippen LogP contribution < -0.4 is 0 Å². The van der Waals surface area contributed by atoms with Gasteiger partial charge in [-0.2, -0.15) is 23.4 Å². The maximum absolute atomic E-state index is 13.3. The van der Waals surface area contributed by atoms with E-state index in [1.807, 2.05) is 60.7 Å². The van der Waals surface area contributed by atoms with E-state index in [9.17, 15) is 18.0 Å². The summed E-state index contributed by atoms with van der Waals surface area (Å²) in [6.45, 7) is 0.412. The molecule has 8 heteroatoms. The molecule has 0 spiro atoms. The first-order chi connectivity index (χ1) is 17.4. The molecule has 1 unspecified atom stereocenters. The standard InChI is InChI=1S/C28H22F3N3O2/c29-28(30,31)22-12-10-20(11-13-22)23-8-4-5-9-24(23)26-16-25-21(14-15-32-33-25)17-34(26)27(35)36-18-19-6-2-1-3-7-19/h1-15,26H,16-18H2. The quantitative estimate of drug-likeness (QED) is 0.324. The van der Waals surface area contributed by atoms with E-state index in [1.54, 1.807) is 11.1 Å². The SMILES string of the molecule is O=C(OCc1ccccc1)N1Cc2ccnnc2CC1c1ccccc1-c1ccc(C(F)(F)F)cc1. The topological polar surface area (TPSA) is 55.3 Å². The van der Waals surface area contributed by atoms with Gasteiger partial charge in [0.15, 0.2) is 0 Å². The monoisotopic (exact) mass is 489 g/mol. The Bertz CT molecular complexity index is 1360. The second-order valence-corrected chi connectivity index (χ2v) is 8.55. The molecule has 3 aromatic carbocycles. The fraction of sp³-hybridized carbons (Fsp3) is 0.179. The van der Waals surface area contributed by atoms with Crippen LogP contribution in [-0.4, -0.2) is 21.2 Å². The van der Waals surface area contributed by atoms with Gasteiger partial charge in [0.25, 0.3) is 0 Å². The molecule has 0 aliphatic carbocycles. The number of benzene rings is 3. The maximum Gasteiger partial charge on any atom is 0.416 e. The molecule has 0 fully saturated rings. The van der Waals surface area contributed by atoms with E-state index in [4.69, 9.17) is 4.74 Å².